The van der Waals surface area contributed by atoms with E-state index < -0.39 is 0 Å². The first-order valence-electron chi connectivity index (χ1n) is 5.32. The van der Waals surface area contributed by atoms with Crippen LogP contribution in [-0.2, 0) is 0 Å². The summed E-state index contributed by atoms with van der Waals surface area (Å²) in [4.78, 5) is 0. The Labute approximate surface area is 84.7 Å². The second-order valence-electron chi connectivity index (χ2n) is 4.28. The van der Waals surface area contributed by atoms with Crippen molar-refractivity contribution in [3.63, 3.8) is 0 Å². The topological polar surface area (TPSA) is 42.7 Å². The fraction of sp³-hybridized carbons (Fsp3) is 0.800. The van der Waals surface area contributed by atoms with Crippen LogP contribution >= 0.6 is 0 Å². The van der Waals surface area contributed by atoms with E-state index in [0.717, 1.165) is 24.7 Å². The van der Waals surface area contributed by atoms with Gasteiger partial charge in [0.05, 0.1) is 6.04 Å². The zero-order chi connectivity index (χ0) is 10.1. The first-order chi connectivity index (χ1) is 6.70. The second kappa shape index (κ2) is 3.69. The number of hydrogen-bond donors (Lipinski definition) is 1. The molecule has 0 aliphatic carbocycles. The van der Waals surface area contributed by atoms with Crippen LogP contribution in [0.1, 0.15) is 43.9 Å². The lowest BCUT2D eigenvalue weighted by molar-refractivity contribution is 0.499. The third-order valence-corrected chi connectivity index (χ3v) is 2.81. The fourth-order valence-corrected chi connectivity index (χ4v) is 2.09. The standard InChI is InChI=1S/C10H18N4/c1-7(2)10-13-12-8(3)14(10)9-4-5-11-6-9/h7,9,11H,4-6H2,1-3H3. The van der Waals surface area contributed by atoms with Gasteiger partial charge in [-0.15, -0.1) is 10.2 Å². The molecule has 0 saturated carbocycles. The van der Waals surface area contributed by atoms with Crippen molar-refractivity contribution in [1.29, 1.82) is 0 Å². The Balaban J connectivity index is 2.33. The lowest BCUT2D eigenvalue weighted by atomic mass is 10.1. The van der Waals surface area contributed by atoms with Crippen LogP contribution in [0.25, 0.3) is 0 Å². The first-order valence-corrected chi connectivity index (χ1v) is 5.32. The normalized spacial score (nSPS) is 22.1. The van der Waals surface area contributed by atoms with Gasteiger partial charge in [-0.2, -0.15) is 0 Å². The summed E-state index contributed by atoms with van der Waals surface area (Å²) in [6.07, 6.45) is 1.19. The molecule has 0 aromatic carbocycles. The molecule has 0 bridgehead atoms. The highest BCUT2D eigenvalue weighted by atomic mass is 15.3. The van der Waals surface area contributed by atoms with Crippen molar-refractivity contribution in [1.82, 2.24) is 20.1 Å². The van der Waals surface area contributed by atoms with E-state index in [1.807, 2.05) is 6.92 Å². The number of hydrogen-bond acceptors (Lipinski definition) is 3. The minimum atomic E-state index is 0.455. The minimum Gasteiger partial charge on any atom is -0.315 e. The van der Waals surface area contributed by atoms with E-state index in [4.69, 9.17) is 0 Å². The zero-order valence-electron chi connectivity index (χ0n) is 9.12. The van der Waals surface area contributed by atoms with Crippen LogP contribution < -0.4 is 5.32 Å². The van der Waals surface area contributed by atoms with Crippen LogP contribution in [0.2, 0.25) is 0 Å². The molecule has 1 aromatic heterocycles. The van der Waals surface area contributed by atoms with Gasteiger partial charge in [0.15, 0.2) is 0 Å². The lowest BCUT2D eigenvalue weighted by Crippen LogP contribution is -2.17. The highest BCUT2D eigenvalue weighted by Gasteiger charge is 2.22. The lowest BCUT2D eigenvalue weighted by Gasteiger charge is -2.16. The van der Waals surface area contributed by atoms with Gasteiger partial charge in [-0.1, -0.05) is 13.8 Å². The molecule has 4 heteroatoms. The molecular weight excluding hydrogens is 176 g/mol. The van der Waals surface area contributed by atoms with Gasteiger partial charge in [-0.05, 0) is 19.9 Å². The van der Waals surface area contributed by atoms with E-state index >= 15 is 0 Å². The molecule has 1 aliphatic heterocycles. The van der Waals surface area contributed by atoms with Crippen molar-refractivity contribution in [3.8, 4) is 0 Å². The highest BCUT2D eigenvalue weighted by molar-refractivity contribution is 5.02. The van der Waals surface area contributed by atoms with Gasteiger partial charge in [-0.25, -0.2) is 0 Å². The van der Waals surface area contributed by atoms with Crippen LogP contribution in [0.5, 0.6) is 0 Å². The third-order valence-electron chi connectivity index (χ3n) is 2.81. The summed E-state index contributed by atoms with van der Waals surface area (Å²) in [5, 5.41) is 11.8. The maximum Gasteiger partial charge on any atom is 0.135 e. The molecule has 14 heavy (non-hydrogen) atoms. The number of aryl methyl sites for hydroxylation is 1. The minimum absolute atomic E-state index is 0.455. The molecule has 78 valence electrons. The Morgan fingerprint density at radius 3 is 2.79 bits per heavy atom. The molecule has 1 fully saturated rings. The number of aromatic nitrogens is 3. The van der Waals surface area contributed by atoms with Crippen molar-refractivity contribution in [2.45, 2.75) is 39.2 Å². The SMILES string of the molecule is Cc1nnc(C(C)C)n1C1CCNC1. The first kappa shape index (κ1) is 9.65. The number of nitrogens with one attached hydrogen (secondary N) is 1. The summed E-state index contributed by atoms with van der Waals surface area (Å²) in [7, 11) is 0. The third kappa shape index (κ3) is 1.54. The molecular formula is C10H18N4. The van der Waals surface area contributed by atoms with E-state index in [0.29, 0.717) is 12.0 Å². The largest absolute Gasteiger partial charge is 0.315 e. The smallest absolute Gasteiger partial charge is 0.135 e. The summed E-state index contributed by atoms with van der Waals surface area (Å²) < 4.78 is 2.30. The molecule has 1 unspecified atom stereocenters. The Bertz CT molecular complexity index is 310. The summed E-state index contributed by atoms with van der Waals surface area (Å²) in [6.45, 7) is 8.54. The zero-order valence-corrected chi connectivity index (χ0v) is 9.12. The molecule has 1 N–H and O–H groups in total. The van der Waals surface area contributed by atoms with Crippen LogP contribution in [0.15, 0.2) is 0 Å². The van der Waals surface area contributed by atoms with E-state index in [1.54, 1.807) is 0 Å². The van der Waals surface area contributed by atoms with Crippen LogP contribution in [-0.4, -0.2) is 27.9 Å². The fourth-order valence-electron chi connectivity index (χ4n) is 2.09. The maximum absolute atomic E-state index is 4.24. The average Bonchev–Trinajstić information content (AvgIpc) is 2.71. The van der Waals surface area contributed by atoms with Crippen molar-refractivity contribution in [2.75, 3.05) is 13.1 Å². The Hall–Kier alpha value is -0.900. The molecule has 1 aromatic rings. The van der Waals surface area contributed by atoms with Gasteiger partial charge in [0.25, 0.3) is 0 Å². The molecule has 1 saturated heterocycles. The predicted octanol–water partition coefficient (Wildman–Crippen LogP) is 1.24. The van der Waals surface area contributed by atoms with Crippen LogP contribution in [0.4, 0.5) is 0 Å². The molecule has 0 amide bonds. The summed E-state index contributed by atoms with van der Waals surface area (Å²) in [5.41, 5.74) is 0. The monoisotopic (exact) mass is 194 g/mol. The molecule has 4 nitrogen and oxygen atoms in total. The highest BCUT2D eigenvalue weighted by Crippen LogP contribution is 2.22. The molecule has 1 aliphatic rings. The quantitative estimate of drug-likeness (QED) is 0.770. The molecule has 1 atom stereocenters. The van der Waals surface area contributed by atoms with Crippen molar-refractivity contribution >= 4 is 0 Å². The molecule has 0 spiro atoms. The van der Waals surface area contributed by atoms with E-state index in [2.05, 4.69) is 33.9 Å². The maximum atomic E-state index is 4.24. The van der Waals surface area contributed by atoms with E-state index in [1.165, 1.54) is 6.42 Å². The van der Waals surface area contributed by atoms with Gasteiger partial charge in [-0.3, -0.25) is 0 Å². The molecule has 2 rings (SSSR count). The summed E-state index contributed by atoms with van der Waals surface area (Å²) >= 11 is 0. The van der Waals surface area contributed by atoms with Crippen molar-refractivity contribution in [3.05, 3.63) is 11.6 Å². The second-order valence-corrected chi connectivity index (χ2v) is 4.28. The Kier molecular flexibility index (Phi) is 2.54. The summed E-state index contributed by atoms with van der Waals surface area (Å²) in [5.74, 6) is 2.62. The van der Waals surface area contributed by atoms with Gasteiger partial charge < -0.3 is 9.88 Å². The Morgan fingerprint density at radius 2 is 2.21 bits per heavy atom. The van der Waals surface area contributed by atoms with E-state index in [-0.39, 0.29) is 0 Å². The van der Waals surface area contributed by atoms with Crippen molar-refractivity contribution < 1.29 is 0 Å². The van der Waals surface area contributed by atoms with E-state index in [9.17, 15) is 0 Å². The van der Waals surface area contributed by atoms with Crippen LogP contribution in [0, 0.1) is 6.92 Å². The molecule has 2 heterocycles. The van der Waals surface area contributed by atoms with Gasteiger partial charge in [0.1, 0.15) is 11.6 Å². The predicted molar refractivity (Wildman–Crippen MR) is 55.4 cm³/mol. The van der Waals surface area contributed by atoms with Gasteiger partial charge >= 0.3 is 0 Å². The summed E-state index contributed by atoms with van der Waals surface area (Å²) in [6, 6.07) is 0.558. The van der Waals surface area contributed by atoms with Gasteiger partial charge in [0.2, 0.25) is 0 Å². The number of nitrogens with zero attached hydrogens (tertiary/aromatic N) is 3. The van der Waals surface area contributed by atoms with Crippen LogP contribution in [0.3, 0.4) is 0 Å². The number of rotatable bonds is 2. The van der Waals surface area contributed by atoms with Gasteiger partial charge in [0, 0.05) is 12.5 Å². The Morgan fingerprint density at radius 1 is 1.43 bits per heavy atom. The van der Waals surface area contributed by atoms with Crippen molar-refractivity contribution in [2.24, 2.45) is 0 Å². The average molecular weight is 194 g/mol. The molecule has 0 radical (unpaired) electrons.